The molecule has 1 aliphatic heterocycles. The predicted molar refractivity (Wildman–Crippen MR) is 120 cm³/mol. The van der Waals surface area contributed by atoms with E-state index in [1.165, 1.54) is 18.6 Å². The van der Waals surface area contributed by atoms with Crippen LogP contribution in [0.5, 0.6) is 0 Å². The van der Waals surface area contributed by atoms with Crippen LogP contribution in [0.15, 0.2) is 36.9 Å². The van der Waals surface area contributed by atoms with Gasteiger partial charge >= 0.3 is 0 Å². The molecule has 31 heavy (non-hydrogen) atoms. The first kappa shape index (κ1) is 23.4. The van der Waals surface area contributed by atoms with Crippen LogP contribution < -0.4 is 5.32 Å². The maximum atomic E-state index is 13.3. The van der Waals surface area contributed by atoms with Gasteiger partial charge < -0.3 is 10.2 Å². The number of nitrogens with one attached hydrogen (secondary N) is 1. The molecule has 1 saturated carbocycles. The Kier molecular flexibility index (Phi) is 9.03. The first-order chi connectivity index (χ1) is 15.0. The summed E-state index contributed by atoms with van der Waals surface area (Å²) in [4.78, 5) is 31.5. The zero-order valence-electron chi connectivity index (χ0n) is 18.4. The molecule has 0 radical (unpaired) electrons. The van der Waals surface area contributed by atoms with Crippen molar-refractivity contribution in [3.05, 3.63) is 48.3 Å². The second-order valence-corrected chi connectivity index (χ2v) is 8.58. The summed E-state index contributed by atoms with van der Waals surface area (Å²) >= 11 is 0. The topological polar surface area (TPSA) is 55.9 Å². The number of nitrogens with zero attached hydrogens (tertiary/aromatic N) is 3. The third-order valence-corrected chi connectivity index (χ3v) is 6.24. The Labute approximate surface area is 185 Å². The minimum Gasteiger partial charge on any atom is -0.352 e. The first-order valence-electron chi connectivity index (χ1n) is 11.4. The third-order valence-electron chi connectivity index (χ3n) is 6.24. The molecule has 1 aromatic rings. The van der Waals surface area contributed by atoms with Gasteiger partial charge in [-0.05, 0) is 30.5 Å². The Hall–Kier alpha value is -2.25. The number of amides is 2. The number of carbonyl (C=O) groups excluding carboxylic acids is 2. The van der Waals surface area contributed by atoms with Crippen molar-refractivity contribution in [2.45, 2.75) is 44.7 Å². The van der Waals surface area contributed by atoms with Gasteiger partial charge in [0.1, 0.15) is 5.82 Å². The van der Waals surface area contributed by atoms with Gasteiger partial charge in [0.05, 0.1) is 13.1 Å². The van der Waals surface area contributed by atoms with E-state index in [-0.39, 0.29) is 23.7 Å². The summed E-state index contributed by atoms with van der Waals surface area (Å²) in [5.41, 5.74) is 0.968. The SMILES string of the molecule is C=CCNC(=O)CN1CCN(CC(=O)N(Cc2ccc(F)cc2)C2CCCCC2)CC1. The fourth-order valence-corrected chi connectivity index (χ4v) is 4.43. The van der Waals surface area contributed by atoms with Crippen molar-refractivity contribution in [2.75, 3.05) is 45.8 Å². The van der Waals surface area contributed by atoms with Crippen LogP contribution in [0.1, 0.15) is 37.7 Å². The van der Waals surface area contributed by atoms with Gasteiger partial charge in [0, 0.05) is 45.3 Å². The van der Waals surface area contributed by atoms with Crippen LogP contribution in [0.4, 0.5) is 4.39 Å². The van der Waals surface area contributed by atoms with Gasteiger partial charge in [-0.3, -0.25) is 19.4 Å². The average molecular weight is 431 g/mol. The number of hydrogen-bond acceptors (Lipinski definition) is 4. The van der Waals surface area contributed by atoms with Crippen molar-refractivity contribution in [1.82, 2.24) is 20.0 Å². The standard InChI is InChI=1S/C24H35FN4O2/c1-2-12-26-23(30)18-27-13-15-28(16-14-27)19-24(31)29(22-6-4-3-5-7-22)17-20-8-10-21(25)11-9-20/h2,8-11,22H,1,3-7,12-19H2,(H,26,30). The number of rotatable bonds is 9. The molecular weight excluding hydrogens is 395 g/mol. The Balaban J connectivity index is 1.53. The summed E-state index contributed by atoms with van der Waals surface area (Å²) in [5.74, 6) is -0.101. The number of benzene rings is 1. The highest BCUT2D eigenvalue weighted by Gasteiger charge is 2.28. The molecule has 1 aliphatic carbocycles. The normalized spacial score (nSPS) is 18.5. The van der Waals surface area contributed by atoms with Gasteiger partial charge in [0.2, 0.25) is 11.8 Å². The molecular formula is C24H35FN4O2. The van der Waals surface area contributed by atoms with Gasteiger partial charge in [-0.15, -0.1) is 6.58 Å². The van der Waals surface area contributed by atoms with Crippen LogP contribution >= 0.6 is 0 Å². The summed E-state index contributed by atoms with van der Waals surface area (Å²) in [5, 5.41) is 2.80. The van der Waals surface area contributed by atoms with Crippen molar-refractivity contribution in [2.24, 2.45) is 0 Å². The Bertz CT molecular complexity index is 726. The minimum absolute atomic E-state index is 0.00666. The van der Waals surface area contributed by atoms with Crippen LogP contribution in [0.25, 0.3) is 0 Å². The van der Waals surface area contributed by atoms with Crippen LogP contribution in [0.3, 0.4) is 0 Å². The highest BCUT2D eigenvalue weighted by atomic mass is 19.1. The molecule has 2 aliphatic rings. The van der Waals surface area contributed by atoms with Crippen molar-refractivity contribution in [3.63, 3.8) is 0 Å². The van der Waals surface area contributed by atoms with E-state index in [0.717, 1.165) is 57.4 Å². The zero-order valence-corrected chi connectivity index (χ0v) is 18.4. The Morgan fingerprint density at radius 3 is 2.26 bits per heavy atom. The van der Waals surface area contributed by atoms with Crippen LogP contribution in [-0.2, 0) is 16.1 Å². The highest BCUT2D eigenvalue weighted by molar-refractivity contribution is 5.79. The Morgan fingerprint density at radius 2 is 1.65 bits per heavy atom. The molecule has 170 valence electrons. The second kappa shape index (κ2) is 12.0. The van der Waals surface area contributed by atoms with Gasteiger partial charge in [-0.1, -0.05) is 37.5 Å². The van der Waals surface area contributed by atoms with Crippen LogP contribution in [0, 0.1) is 5.82 Å². The molecule has 0 unspecified atom stereocenters. The van der Waals surface area contributed by atoms with Gasteiger partial charge in [0.25, 0.3) is 0 Å². The molecule has 6 nitrogen and oxygen atoms in total. The van der Waals surface area contributed by atoms with Crippen molar-refractivity contribution in [1.29, 1.82) is 0 Å². The number of piperazine rings is 1. The van der Waals surface area contributed by atoms with Crippen LogP contribution in [-0.4, -0.2) is 78.4 Å². The van der Waals surface area contributed by atoms with Crippen molar-refractivity contribution >= 4 is 11.8 Å². The van der Waals surface area contributed by atoms with Gasteiger partial charge in [-0.25, -0.2) is 4.39 Å². The number of hydrogen-bond donors (Lipinski definition) is 1. The zero-order chi connectivity index (χ0) is 22.1. The molecule has 0 spiro atoms. The van der Waals surface area contributed by atoms with E-state index < -0.39 is 0 Å². The molecule has 2 amide bonds. The molecule has 0 aromatic heterocycles. The quantitative estimate of drug-likeness (QED) is 0.612. The summed E-state index contributed by atoms with van der Waals surface area (Å²) in [6, 6.07) is 6.73. The van der Waals surface area contributed by atoms with E-state index in [9.17, 15) is 14.0 Å². The molecule has 0 atom stereocenters. The maximum Gasteiger partial charge on any atom is 0.237 e. The Morgan fingerprint density at radius 1 is 1.03 bits per heavy atom. The van der Waals surface area contributed by atoms with E-state index in [1.807, 2.05) is 4.90 Å². The molecule has 0 bridgehead atoms. The molecule has 2 fully saturated rings. The smallest absolute Gasteiger partial charge is 0.237 e. The second-order valence-electron chi connectivity index (χ2n) is 8.58. The first-order valence-corrected chi connectivity index (χ1v) is 11.4. The molecule has 7 heteroatoms. The molecule has 3 rings (SSSR count). The summed E-state index contributed by atoms with van der Waals surface area (Å²) in [6.45, 7) is 8.50. The largest absolute Gasteiger partial charge is 0.352 e. The molecule has 1 heterocycles. The fraction of sp³-hybridized carbons (Fsp3) is 0.583. The monoisotopic (exact) mass is 430 g/mol. The van der Waals surface area contributed by atoms with E-state index in [2.05, 4.69) is 21.7 Å². The average Bonchev–Trinajstić information content (AvgIpc) is 2.79. The highest BCUT2D eigenvalue weighted by Crippen LogP contribution is 2.24. The van der Waals surface area contributed by atoms with Crippen molar-refractivity contribution < 1.29 is 14.0 Å². The molecule has 1 saturated heterocycles. The van der Waals surface area contributed by atoms with Crippen molar-refractivity contribution in [3.8, 4) is 0 Å². The van der Waals surface area contributed by atoms with E-state index in [0.29, 0.717) is 26.2 Å². The summed E-state index contributed by atoms with van der Waals surface area (Å²) < 4.78 is 13.3. The van der Waals surface area contributed by atoms with Gasteiger partial charge in [-0.2, -0.15) is 0 Å². The molecule has 1 N–H and O–H groups in total. The van der Waals surface area contributed by atoms with Crippen LogP contribution in [0.2, 0.25) is 0 Å². The lowest BCUT2D eigenvalue weighted by Crippen LogP contribution is -2.53. The fourth-order valence-electron chi connectivity index (χ4n) is 4.43. The lowest BCUT2D eigenvalue weighted by molar-refractivity contribution is -0.137. The summed E-state index contributed by atoms with van der Waals surface area (Å²) in [7, 11) is 0. The summed E-state index contributed by atoms with van der Waals surface area (Å²) in [6.07, 6.45) is 7.30. The molecule has 1 aromatic carbocycles. The van der Waals surface area contributed by atoms with E-state index in [4.69, 9.17) is 0 Å². The van der Waals surface area contributed by atoms with E-state index in [1.54, 1.807) is 18.2 Å². The van der Waals surface area contributed by atoms with E-state index >= 15 is 0 Å². The number of carbonyl (C=O) groups is 2. The lowest BCUT2D eigenvalue weighted by Gasteiger charge is -2.38. The number of halogens is 1. The van der Waals surface area contributed by atoms with Gasteiger partial charge in [0.15, 0.2) is 0 Å². The minimum atomic E-state index is -0.254. The maximum absolute atomic E-state index is 13.3. The third kappa shape index (κ3) is 7.43. The predicted octanol–water partition coefficient (Wildman–Crippen LogP) is 2.41. The lowest BCUT2D eigenvalue weighted by atomic mass is 9.93.